The third kappa shape index (κ3) is 2.96. The molecule has 0 fully saturated rings. The second kappa shape index (κ2) is 6.38. The first kappa shape index (κ1) is 18.6. The highest BCUT2D eigenvalue weighted by Gasteiger charge is 2.49. The smallest absolute Gasteiger partial charge is 0.426 e. The van der Waals surface area contributed by atoms with Crippen molar-refractivity contribution in [3.05, 3.63) is 46.5 Å². The minimum absolute atomic E-state index is 0.0580. The van der Waals surface area contributed by atoms with E-state index in [9.17, 15) is 14.2 Å². The van der Waals surface area contributed by atoms with Crippen LogP contribution in [-0.4, -0.2) is 18.1 Å². The summed E-state index contributed by atoms with van der Waals surface area (Å²) in [6, 6.07) is 6.84. The molecule has 0 amide bonds. The molecule has 2 aliphatic rings. The van der Waals surface area contributed by atoms with Gasteiger partial charge in [0.15, 0.2) is 0 Å². The molecule has 28 heavy (non-hydrogen) atoms. The fourth-order valence-electron chi connectivity index (χ4n) is 3.69. The first-order valence-corrected chi connectivity index (χ1v) is 10.5. The number of fused-ring (bicyclic) bond motifs is 6. The minimum Gasteiger partial charge on any atom is -0.426 e. The molecule has 2 aromatic rings. The molecule has 0 N–H and O–H groups in total. The third-order valence-corrected chi connectivity index (χ3v) is 6.51. The van der Waals surface area contributed by atoms with Crippen LogP contribution in [0.3, 0.4) is 0 Å². The van der Waals surface area contributed by atoms with Crippen molar-refractivity contribution in [2.24, 2.45) is 0 Å². The first-order chi connectivity index (χ1) is 13.2. The van der Waals surface area contributed by atoms with Gasteiger partial charge in [-0.25, -0.2) is 4.57 Å². The maximum Gasteiger partial charge on any atom is 0.431 e. The fourth-order valence-corrected chi connectivity index (χ4v) is 5.73. The Balaban J connectivity index is 2.01. The Kier molecular flexibility index (Phi) is 4.23. The zero-order valence-corrected chi connectivity index (χ0v) is 16.8. The highest BCUT2D eigenvalue weighted by molar-refractivity contribution is 7.55. The maximum absolute atomic E-state index is 13.3. The van der Waals surface area contributed by atoms with Gasteiger partial charge in [0.05, 0.1) is 6.16 Å². The molecule has 8 heteroatoms. The lowest BCUT2D eigenvalue weighted by molar-refractivity contribution is -0.132. The van der Waals surface area contributed by atoms with Gasteiger partial charge in [-0.15, -0.1) is 0 Å². The molecule has 2 bridgehead atoms. The normalized spacial score (nSPS) is 21.5. The highest BCUT2D eigenvalue weighted by atomic mass is 31.2. The van der Waals surface area contributed by atoms with Gasteiger partial charge in [0.2, 0.25) is 0 Å². The van der Waals surface area contributed by atoms with Crippen molar-refractivity contribution in [2.75, 3.05) is 6.16 Å². The molecule has 4 rings (SSSR count). The lowest BCUT2D eigenvalue weighted by Crippen LogP contribution is -2.27. The van der Waals surface area contributed by atoms with Crippen LogP contribution in [0.5, 0.6) is 23.0 Å². The lowest BCUT2D eigenvalue weighted by Gasteiger charge is -2.39. The van der Waals surface area contributed by atoms with Crippen LogP contribution in [-0.2, 0) is 14.2 Å². The van der Waals surface area contributed by atoms with E-state index in [4.69, 9.17) is 18.5 Å². The van der Waals surface area contributed by atoms with Gasteiger partial charge in [0.25, 0.3) is 0 Å². The Bertz CT molecular complexity index is 993. The summed E-state index contributed by atoms with van der Waals surface area (Å²) in [6.07, 6.45) is 0.0580. The molecule has 0 radical (unpaired) electrons. The third-order valence-electron chi connectivity index (χ3n) is 4.78. The van der Waals surface area contributed by atoms with Crippen LogP contribution in [0.15, 0.2) is 24.3 Å². The summed E-state index contributed by atoms with van der Waals surface area (Å²) in [7, 11) is -3.47. The van der Waals surface area contributed by atoms with Crippen LogP contribution in [0.25, 0.3) is 0 Å². The van der Waals surface area contributed by atoms with Crippen LogP contribution in [0.2, 0.25) is 0 Å². The summed E-state index contributed by atoms with van der Waals surface area (Å²) >= 11 is 0. The van der Waals surface area contributed by atoms with Crippen molar-refractivity contribution in [3.63, 3.8) is 0 Å². The van der Waals surface area contributed by atoms with Gasteiger partial charge < -0.3 is 18.5 Å². The Labute approximate surface area is 162 Å². The van der Waals surface area contributed by atoms with E-state index in [2.05, 4.69) is 0 Å². The summed E-state index contributed by atoms with van der Waals surface area (Å²) in [5.41, 5.74) is 2.68. The van der Waals surface area contributed by atoms with Gasteiger partial charge in [-0.2, -0.15) is 0 Å². The van der Waals surface area contributed by atoms with Gasteiger partial charge in [-0.05, 0) is 37.1 Å². The van der Waals surface area contributed by atoms with Crippen molar-refractivity contribution in [1.29, 1.82) is 0 Å². The molecular weight excluding hydrogens is 383 g/mol. The zero-order chi connectivity index (χ0) is 20.2. The van der Waals surface area contributed by atoms with E-state index < -0.39 is 25.5 Å². The molecule has 0 aliphatic carbocycles. The topological polar surface area (TPSA) is 88.1 Å². The van der Waals surface area contributed by atoms with E-state index >= 15 is 0 Å². The lowest BCUT2D eigenvalue weighted by atomic mass is 9.87. The molecule has 0 spiro atoms. The molecule has 2 heterocycles. The molecule has 7 nitrogen and oxygen atoms in total. The number of ether oxygens (including phenoxy) is 2. The van der Waals surface area contributed by atoms with E-state index in [1.807, 2.05) is 13.8 Å². The SMILES string of the molecule is CC(=O)Oc1ccc(C)c2c1C1CP(=O)(O2)Oc2c(C)ccc(OC(C)=O)c21. The summed E-state index contributed by atoms with van der Waals surface area (Å²) in [5, 5.41) is 0. The second-order valence-corrected chi connectivity index (χ2v) is 8.91. The molecule has 0 atom stereocenters. The molecule has 0 aromatic heterocycles. The number of rotatable bonds is 2. The number of aryl methyl sites for hydroxylation is 2. The predicted molar refractivity (Wildman–Crippen MR) is 101 cm³/mol. The standard InChI is InChI=1S/C20H19O7P/c1-10-5-7-15(24-12(3)21)17-14-9-28(23,26-19(10)17)27-20-11(2)6-8-16(18(14)20)25-13(4)22/h5-8,14H,9H2,1-4H3. The monoisotopic (exact) mass is 402 g/mol. The van der Waals surface area contributed by atoms with Crippen molar-refractivity contribution in [1.82, 2.24) is 0 Å². The molecule has 146 valence electrons. The quantitative estimate of drug-likeness (QED) is 0.421. The van der Waals surface area contributed by atoms with E-state index in [1.165, 1.54) is 13.8 Å². The Hall–Kier alpha value is -2.79. The molecule has 0 saturated carbocycles. The Morgan fingerprint density at radius 3 is 1.71 bits per heavy atom. The summed E-state index contributed by atoms with van der Waals surface area (Å²) in [4.78, 5) is 23.2. The Morgan fingerprint density at radius 1 is 0.893 bits per heavy atom. The van der Waals surface area contributed by atoms with Crippen LogP contribution < -0.4 is 18.5 Å². The summed E-state index contributed by atoms with van der Waals surface area (Å²) in [6.45, 7) is 6.25. The number of benzene rings is 2. The molecular formula is C20H19O7P. The largest absolute Gasteiger partial charge is 0.431 e. The van der Waals surface area contributed by atoms with Crippen LogP contribution in [0.1, 0.15) is 42.0 Å². The van der Waals surface area contributed by atoms with Crippen LogP contribution in [0, 0.1) is 13.8 Å². The Morgan fingerprint density at radius 2 is 1.32 bits per heavy atom. The molecule has 2 aromatic carbocycles. The number of hydrogen-bond donors (Lipinski definition) is 0. The second-order valence-electron chi connectivity index (χ2n) is 6.96. The van der Waals surface area contributed by atoms with Crippen LogP contribution >= 0.6 is 7.60 Å². The van der Waals surface area contributed by atoms with Gasteiger partial charge in [-0.1, -0.05) is 12.1 Å². The van der Waals surface area contributed by atoms with Crippen molar-refractivity contribution < 1.29 is 32.7 Å². The van der Waals surface area contributed by atoms with E-state index in [0.29, 0.717) is 34.1 Å². The molecule has 0 unspecified atom stereocenters. The first-order valence-electron chi connectivity index (χ1n) is 8.80. The zero-order valence-electron chi connectivity index (χ0n) is 15.9. The van der Waals surface area contributed by atoms with Crippen molar-refractivity contribution in [3.8, 4) is 23.0 Å². The average molecular weight is 402 g/mol. The number of hydrogen-bond acceptors (Lipinski definition) is 7. The predicted octanol–water partition coefficient (Wildman–Crippen LogP) is 4.26. The molecule has 2 aliphatic heterocycles. The maximum atomic E-state index is 13.3. The van der Waals surface area contributed by atoms with Gasteiger partial charge >= 0.3 is 19.5 Å². The van der Waals surface area contributed by atoms with Gasteiger partial charge in [0.1, 0.15) is 23.0 Å². The summed E-state index contributed by atoms with van der Waals surface area (Å²) in [5.74, 6) is -0.0200. The average Bonchev–Trinajstić information content (AvgIpc) is 2.59. The van der Waals surface area contributed by atoms with Gasteiger partial charge in [0, 0.05) is 30.9 Å². The highest BCUT2D eigenvalue weighted by Crippen LogP contribution is 2.66. The number of carbonyl (C=O) groups excluding carboxylic acids is 2. The minimum atomic E-state index is -3.47. The number of esters is 2. The van der Waals surface area contributed by atoms with Crippen molar-refractivity contribution >= 4 is 19.5 Å². The van der Waals surface area contributed by atoms with Crippen LogP contribution in [0.4, 0.5) is 0 Å². The fraction of sp³-hybridized carbons (Fsp3) is 0.300. The molecule has 0 saturated heterocycles. The number of carbonyl (C=O) groups is 2. The van der Waals surface area contributed by atoms with E-state index in [-0.39, 0.29) is 6.16 Å². The van der Waals surface area contributed by atoms with Gasteiger partial charge in [-0.3, -0.25) is 9.59 Å². The van der Waals surface area contributed by atoms with E-state index in [1.54, 1.807) is 24.3 Å². The summed E-state index contributed by atoms with van der Waals surface area (Å²) < 4.78 is 35.7. The van der Waals surface area contributed by atoms with Crippen molar-refractivity contribution in [2.45, 2.75) is 33.6 Å². The van der Waals surface area contributed by atoms with E-state index in [0.717, 1.165) is 11.1 Å².